The van der Waals surface area contributed by atoms with Gasteiger partial charge in [0, 0.05) is 0 Å². The summed E-state index contributed by atoms with van der Waals surface area (Å²) in [7, 11) is -2.97. The molecule has 0 saturated carbocycles. The van der Waals surface area contributed by atoms with E-state index in [4.69, 9.17) is 0 Å². The normalized spacial score (nSPS) is 10.1. The van der Waals surface area contributed by atoms with E-state index >= 15 is 0 Å². The average molecular weight is 247 g/mol. The van der Waals surface area contributed by atoms with E-state index in [0.717, 1.165) is 6.07 Å². The monoisotopic (exact) mass is 246 g/mol. The SMILES string of the molecule is C[Si](C)([O-])c1cccc(F)c1F.[Cl-].[Mg+2]. The Balaban J connectivity index is 0. The third-order valence-electron chi connectivity index (χ3n) is 1.60. The van der Waals surface area contributed by atoms with E-state index in [1.807, 2.05) is 0 Å². The first kappa shape index (κ1) is 16.7. The molecule has 0 aromatic heterocycles. The number of hydrogen-bond acceptors (Lipinski definition) is 1. The summed E-state index contributed by atoms with van der Waals surface area (Å²) in [6.07, 6.45) is 0. The molecule has 6 heteroatoms. The van der Waals surface area contributed by atoms with Crippen LogP contribution >= 0.6 is 0 Å². The van der Waals surface area contributed by atoms with Crippen molar-refractivity contribution in [3.05, 3.63) is 29.8 Å². The van der Waals surface area contributed by atoms with Crippen molar-refractivity contribution in [2.45, 2.75) is 13.1 Å². The molecule has 0 aliphatic rings. The minimum Gasteiger partial charge on any atom is -1.00 e. The van der Waals surface area contributed by atoms with Crippen LogP contribution in [0.2, 0.25) is 13.1 Å². The van der Waals surface area contributed by atoms with Crippen LogP contribution in [-0.4, -0.2) is 31.4 Å². The van der Waals surface area contributed by atoms with Gasteiger partial charge in [0.2, 0.25) is 0 Å². The molecule has 1 aromatic rings. The van der Waals surface area contributed by atoms with Gasteiger partial charge in [0.05, 0.1) is 0 Å². The second-order valence-corrected chi connectivity index (χ2v) is 6.67. The Morgan fingerprint density at radius 2 is 1.71 bits per heavy atom. The Kier molecular flexibility index (Phi) is 7.19. The van der Waals surface area contributed by atoms with Crippen LogP contribution in [0, 0.1) is 11.6 Å². The molecule has 0 radical (unpaired) electrons. The van der Waals surface area contributed by atoms with Crippen molar-refractivity contribution in [1.29, 1.82) is 0 Å². The Morgan fingerprint density at radius 3 is 2.07 bits per heavy atom. The van der Waals surface area contributed by atoms with Gasteiger partial charge in [0.1, 0.15) is 0 Å². The van der Waals surface area contributed by atoms with Crippen LogP contribution in [-0.2, 0) is 0 Å². The maximum atomic E-state index is 13.0. The molecule has 0 heterocycles. The van der Waals surface area contributed by atoms with Gasteiger partial charge in [-0.05, 0) is 19.6 Å². The Morgan fingerprint density at radius 1 is 1.21 bits per heavy atom. The van der Waals surface area contributed by atoms with Crippen LogP contribution in [0.25, 0.3) is 0 Å². The summed E-state index contributed by atoms with van der Waals surface area (Å²) >= 11 is 0. The van der Waals surface area contributed by atoms with Crippen molar-refractivity contribution >= 4 is 36.6 Å². The van der Waals surface area contributed by atoms with E-state index in [9.17, 15) is 13.6 Å². The fraction of sp³-hybridized carbons (Fsp3) is 0.250. The summed E-state index contributed by atoms with van der Waals surface area (Å²) < 4.78 is 25.6. The molecule has 0 amide bonds. The summed E-state index contributed by atoms with van der Waals surface area (Å²) in [5, 5.41) is 0.00231. The average Bonchev–Trinajstić information content (AvgIpc) is 1.92. The van der Waals surface area contributed by atoms with E-state index in [2.05, 4.69) is 0 Å². The first-order valence-electron chi connectivity index (χ1n) is 3.58. The zero-order chi connectivity index (χ0) is 9.35. The van der Waals surface area contributed by atoms with Gasteiger partial charge < -0.3 is 17.2 Å². The summed E-state index contributed by atoms with van der Waals surface area (Å²) in [5.41, 5.74) is 0. The summed E-state index contributed by atoms with van der Waals surface area (Å²) in [6, 6.07) is 3.73. The van der Waals surface area contributed by atoms with Gasteiger partial charge in [-0.15, -0.1) is 0 Å². The van der Waals surface area contributed by atoms with Crippen LogP contribution in [0.5, 0.6) is 0 Å². The zero-order valence-corrected chi connectivity index (χ0v) is 11.2. The third kappa shape index (κ3) is 3.82. The maximum absolute atomic E-state index is 13.0. The standard InChI is InChI=1S/C8H9F2OSi.ClH.Mg/c1-12(2,11)7-5-3-4-6(9)8(7)10;;/h3-5H,1-2H3;1H;/q-1;;+2/p-1. The number of benzene rings is 1. The van der Waals surface area contributed by atoms with Crippen molar-refractivity contribution in [2.24, 2.45) is 0 Å². The molecular formula is C8H9ClF2MgOSi. The molecule has 0 saturated heterocycles. The number of rotatable bonds is 1. The van der Waals surface area contributed by atoms with Gasteiger partial charge in [-0.3, -0.25) is 0 Å². The van der Waals surface area contributed by atoms with Gasteiger partial charge >= 0.3 is 23.1 Å². The first-order valence-corrected chi connectivity index (χ1v) is 6.48. The minimum atomic E-state index is -2.97. The Hall–Kier alpha value is 0.313. The molecule has 0 N–H and O–H groups in total. The van der Waals surface area contributed by atoms with Crippen LogP contribution in [0.4, 0.5) is 8.78 Å². The van der Waals surface area contributed by atoms with Crippen molar-refractivity contribution < 1.29 is 26.0 Å². The third-order valence-corrected chi connectivity index (χ3v) is 3.28. The van der Waals surface area contributed by atoms with Gasteiger partial charge in [0.15, 0.2) is 11.6 Å². The quantitative estimate of drug-likeness (QED) is 0.497. The summed E-state index contributed by atoms with van der Waals surface area (Å²) in [5.74, 6) is -1.92. The molecule has 0 atom stereocenters. The van der Waals surface area contributed by atoms with Gasteiger partial charge in [-0.1, -0.05) is 25.2 Å². The fourth-order valence-electron chi connectivity index (χ4n) is 0.969. The molecule has 0 fully saturated rings. The molecule has 1 aromatic carbocycles. The van der Waals surface area contributed by atoms with E-state index in [1.165, 1.54) is 25.2 Å². The van der Waals surface area contributed by atoms with E-state index in [-0.39, 0.29) is 40.6 Å². The summed E-state index contributed by atoms with van der Waals surface area (Å²) in [4.78, 5) is 11.4. The van der Waals surface area contributed by atoms with E-state index < -0.39 is 20.0 Å². The molecule has 0 aliphatic heterocycles. The topological polar surface area (TPSA) is 23.1 Å². The molecule has 1 rings (SSSR count). The van der Waals surface area contributed by atoms with Gasteiger partial charge in [0.25, 0.3) is 0 Å². The van der Waals surface area contributed by atoms with Crippen molar-refractivity contribution in [3.63, 3.8) is 0 Å². The van der Waals surface area contributed by atoms with Crippen molar-refractivity contribution in [3.8, 4) is 0 Å². The van der Waals surface area contributed by atoms with Crippen LogP contribution < -0.4 is 22.4 Å². The van der Waals surface area contributed by atoms with Crippen LogP contribution in [0.1, 0.15) is 0 Å². The van der Waals surface area contributed by atoms with Crippen molar-refractivity contribution in [1.82, 2.24) is 0 Å². The van der Waals surface area contributed by atoms with E-state index in [0.29, 0.717) is 0 Å². The minimum absolute atomic E-state index is 0. The molecule has 74 valence electrons. The van der Waals surface area contributed by atoms with Gasteiger partial charge in [-0.25, -0.2) is 8.78 Å². The smallest absolute Gasteiger partial charge is 1.00 e. The second kappa shape index (κ2) is 6.02. The van der Waals surface area contributed by atoms with Gasteiger partial charge in [-0.2, -0.15) is 0 Å². The van der Waals surface area contributed by atoms with E-state index in [1.54, 1.807) is 0 Å². The molecule has 0 aliphatic carbocycles. The molecule has 0 unspecified atom stereocenters. The maximum Gasteiger partial charge on any atom is 2.00 e. The fourth-order valence-corrected chi connectivity index (χ4v) is 2.11. The zero-order valence-electron chi connectivity index (χ0n) is 7.98. The van der Waals surface area contributed by atoms with Crippen LogP contribution in [0.15, 0.2) is 18.2 Å². The molecule has 1 nitrogen and oxygen atoms in total. The number of halogens is 3. The molecule has 0 spiro atoms. The Bertz CT molecular complexity index is 304. The first-order chi connectivity index (χ1) is 5.43. The van der Waals surface area contributed by atoms with Crippen LogP contribution in [0.3, 0.4) is 0 Å². The predicted octanol–water partition coefficient (Wildman–Crippen LogP) is -2.64. The second-order valence-electron chi connectivity index (χ2n) is 3.11. The Labute approximate surface area is 105 Å². The molecule has 14 heavy (non-hydrogen) atoms. The largest absolute Gasteiger partial charge is 2.00 e. The molecule has 0 bridgehead atoms. The van der Waals surface area contributed by atoms with Crippen molar-refractivity contribution in [2.75, 3.05) is 0 Å². The molecular weight excluding hydrogens is 238 g/mol. The predicted molar refractivity (Wildman–Crippen MR) is 49.2 cm³/mol. The summed E-state index contributed by atoms with van der Waals surface area (Å²) in [6.45, 7) is 2.87. The number of hydrogen-bond donors (Lipinski definition) is 0.